The molecule has 2 amide bonds. The van der Waals surface area contributed by atoms with Crippen molar-refractivity contribution in [2.24, 2.45) is 5.73 Å². The highest BCUT2D eigenvalue weighted by molar-refractivity contribution is 6.31. The number of amides is 2. The van der Waals surface area contributed by atoms with E-state index in [-0.39, 0.29) is 29.9 Å². The van der Waals surface area contributed by atoms with Crippen LogP contribution in [0.3, 0.4) is 0 Å². The van der Waals surface area contributed by atoms with Crippen molar-refractivity contribution in [1.29, 1.82) is 0 Å². The van der Waals surface area contributed by atoms with Crippen LogP contribution in [0, 0.1) is 5.82 Å². The van der Waals surface area contributed by atoms with Crippen LogP contribution in [0.1, 0.15) is 16.1 Å². The van der Waals surface area contributed by atoms with Crippen molar-refractivity contribution in [2.75, 3.05) is 37.7 Å². The zero-order valence-electron chi connectivity index (χ0n) is 15.1. The topological polar surface area (TPSA) is 88.8 Å². The first-order chi connectivity index (χ1) is 13.5. The van der Waals surface area contributed by atoms with Gasteiger partial charge in [0.2, 0.25) is 0 Å². The average Bonchev–Trinajstić information content (AvgIpc) is 2.74. The minimum atomic E-state index is -0.563. The largest absolute Gasteiger partial charge is 0.378 e. The van der Waals surface area contributed by atoms with E-state index < -0.39 is 5.82 Å². The van der Waals surface area contributed by atoms with Gasteiger partial charge in [-0.3, -0.25) is 14.7 Å². The molecule has 2 N–H and O–H groups in total. The van der Waals surface area contributed by atoms with E-state index in [9.17, 15) is 14.0 Å². The fraction of sp³-hybridized carbons (Fsp3) is 0.316. The molecule has 2 aromatic rings. The number of rotatable bonds is 5. The number of ketones is 1. The average molecular weight is 407 g/mol. The fourth-order valence-corrected chi connectivity index (χ4v) is 2.99. The van der Waals surface area contributed by atoms with Crippen LogP contribution in [0.2, 0.25) is 5.02 Å². The number of ether oxygens (including phenoxy) is 1. The van der Waals surface area contributed by atoms with E-state index in [4.69, 9.17) is 22.1 Å². The first-order valence-corrected chi connectivity index (χ1v) is 9.15. The number of anilines is 1. The SMILES string of the molecule is NCC(=O)c1ccc(CN(C(=O)N2CCOCC2)c2ccc(F)c(Cl)c2)nc1. The molecule has 0 spiro atoms. The van der Waals surface area contributed by atoms with Crippen molar-refractivity contribution in [1.82, 2.24) is 9.88 Å². The number of urea groups is 1. The Kier molecular flexibility index (Phi) is 6.56. The summed E-state index contributed by atoms with van der Waals surface area (Å²) in [6.45, 7) is 1.87. The highest BCUT2D eigenvalue weighted by Crippen LogP contribution is 2.25. The normalized spacial score (nSPS) is 14.0. The number of halogens is 2. The monoisotopic (exact) mass is 406 g/mol. The van der Waals surface area contributed by atoms with Gasteiger partial charge in [-0.25, -0.2) is 9.18 Å². The van der Waals surface area contributed by atoms with Crippen molar-refractivity contribution in [3.05, 3.63) is 58.6 Å². The molecule has 1 aliphatic heterocycles. The summed E-state index contributed by atoms with van der Waals surface area (Å²) in [5, 5.41) is -0.0749. The quantitative estimate of drug-likeness (QED) is 0.770. The molecule has 1 aliphatic rings. The van der Waals surface area contributed by atoms with Gasteiger partial charge in [0.25, 0.3) is 0 Å². The lowest BCUT2D eigenvalue weighted by molar-refractivity contribution is 0.0548. The number of Topliss-reactive ketones (excluding diaryl/α,β-unsaturated/α-hetero) is 1. The Morgan fingerprint density at radius 3 is 2.61 bits per heavy atom. The molecule has 0 aliphatic carbocycles. The van der Waals surface area contributed by atoms with E-state index >= 15 is 0 Å². The lowest BCUT2D eigenvalue weighted by Gasteiger charge is -2.33. The number of hydrogen-bond acceptors (Lipinski definition) is 5. The second-order valence-corrected chi connectivity index (χ2v) is 6.64. The summed E-state index contributed by atoms with van der Waals surface area (Å²) < 4.78 is 18.9. The van der Waals surface area contributed by atoms with Crippen LogP contribution in [0.25, 0.3) is 0 Å². The molecule has 2 heterocycles. The Balaban J connectivity index is 1.87. The Hall–Kier alpha value is -2.55. The molecule has 0 bridgehead atoms. The maximum absolute atomic E-state index is 13.6. The van der Waals surface area contributed by atoms with Crippen molar-refractivity contribution < 1.29 is 18.7 Å². The first kappa shape index (κ1) is 20.2. The molecule has 1 aromatic heterocycles. The maximum Gasteiger partial charge on any atom is 0.325 e. The number of nitrogens with zero attached hydrogens (tertiary/aromatic N) is 3. The van der Waals surface area contributed by atoms with Gasteiger partial charge in [0, 0.05) is 30.5 Å². The van der Waals surface area contributed by atoms with Crippen molar-refractivity contribution in [3.63, 3.8) is 0 Å². The zero-order valence-corrected chi connectivity index (χ0v) is 15.9. The van der Waals surface area contributed by atoms with E-state index in [2.05, 4.69) is 4.98 Å². The third-order valence-corrected chi connectivity index (χ3v) is 4.67. The van der Waals surface area contributed by atoms with Crippen LogP contribution in [0.4, 0.5) is 14.9 Å². The maximum atomic E-state index is 13.6. The highest BCUT2D eigenvalue weighted by Gasteiger charge is 2.25. The smallest absolute Gasteiger partial charge is 0.325 e. The number of hydrogen-bond donors (Lipinski definition) is 1. The van der Waals surface area contributed by atoms with Gasteiger partial charge in [0.15, 0.2) is 5.78 Å². The number of carbonyl (C=O) groups is 2. The lowest BCUT2D eigenvalue weighted by Crippen LogP contribution is -2.48. The van der Waals surface area contributed by atoms with E-state index in [1.165, 1.54) is 29.3 Å². The highest BCUT2D eigenvalue weighted by atomic mass is 35.5. The van der Waals surface area contributed by atoms with Crippen LogP contribution in [-0.2, 0) is 11.3 Å². The van der Waals surface area contributed by atoms with Crippen LogP contribution in [0.15, 0.2) is 36.5 Å². The molecule has 0 saturated carbocycles. The molecule has 1 aromatic carbocycles. The Bertz CT molecular complexity index is 857. The van der Waals surface area contributed by atoms with Crippen LogP contribution >= 0.6 is 11.6 Å². The minimum Gasteiger partial charge on any atom is -0.378 e. The first-order valence-electron chi connectivity index (χ1n) is 8.77. The number of nitrogens with two attached hydrogens (primary N) is 1. The molecular weight excluding hydrogens is 387 g/mol. The van der Waals surface area contributed by atoms with Gasteiger partial charge in [-0.05, 0) is 30.3 Å². The van der Waals surface area contributed by atoms with E-state index in [1.54, 1.807) is 17.0 Å². The summed E-state index contributed by atoms with van der Waals surface area (Å²) in [5.41, 5.74) is 6.78. The van der Waals surface area contributed by atoms with E-state index in [0.717, 1.165) is 0 Å². The standard InChI is InChI=1S/C19H20ClFN4O3/c20-16-9-15(3-4-17(16)21)25(19(27)24-5-7-28-8-6-24)12-14-2-1-13(11-23-14)18(26)10-22/h1-4,9,11H,5-8,10,12,22H2. The molecule has 1 saturated heterocycles. The summed E-state index contributed by atoms with van der Waals surface area (Å²) in [7, 11) is 0. The summed E-state index contributed by atoms with van der Waals surface area (Å²) in [6.07, 6.45) is 1.43. The Labute approximate surface area is 166 Å². The van der Waals surface area contributed by atoms with Gasteiger partial charge in [-0.1, -0.05) is 11.6 Å². The lowest BCUT2D eigenvalue weighted by atomic mass is 10.1. The molecule has 148 valence electrons. The van der Waals surface area contributed by atoms with Crippen LogP contribution < -0.4 is 10.6 Å². The van der Waals surface area contributed by atoms with Crippen molar-refractivity contribution >= 4 is 29.1 Å². The minimum absolute atomic E-state index is 0.0749. The fourth-order valence-electron chi connectivity index (χ4n) is 2.81. The van der Waals surface area contributed by atoms with Crippen LogP contribution in [0.5, 0.6) is 0 Å². The van der Waals surface area contributed by atoms with Gasteiger partial charge in [-0.2, -0.15) is 0 Å². The number of aromatic nitrogens is 1. The van der Waals surface area contributed by atoms with Crippen LogP contribution in [-0.4, -0.2) is 54.5 Å². The molecule has 9 heteroatoms. The Morgan fingerprint density at radius 1 is 1.25 bits per heavy atom. The van der Waals surface area contributed by atoms with Gasteiger partial charge in [0.05, 0.1) is 37.0 Å². The number of morpholine rings is 1. The summed E-state index contributed by atoms with van der Waals surface area (Å²) in [5.74, 6) is -0.780. The number of benzene rings is 1. The molecule has 28 heavy (non-hydrogen) atoms. The molecular formula is C19H20ClFN4O3. The van der Waals surface area contributed by atoms with Crippen molar-refractivity contribution in [2.45, 2.75) is 6.54 Å². The third kappa shape index (κ3) is 4.64. The third-order valence-electron chi connectivity index (χ3n) is 4.38. The Morgan fingerprint density at radius 2 is 2.00 bits per heavy atom. The summed E-state index contributed by atoms with van der Waals surface area (Å²) >= 11 is 5.91. The zero-order chi connectivity index (χ0) is 20.1. The molecule has 0 radical (unpaired) electrons. The second kappa shape index (κ2) is 9.09. The number of pyridine rings is 1. The number of carbonyl (C=O) groups excluding carboxylic acids is 2. The summed E-state index contributed by atoms with van der Waals surface area (Å²) in [6, 6.07) is 7.14. The predicted molar refractivity (Wildman–Crippen MR) is 103 cm³/mol. The van der Waals surface area contributed by atoms with E-state index in [0.29, 0.717) is 43.2 Å². The van der Waals surface area contributed by atoms with Gasteiger partial charge in [0.1, 0.15) is 5.82 Å². The van der Waals surface area contributed by atoms with Gasteiger partial charge in [-0.15, -0.1) is 0 Å². The van der Waals surface area contributed by atoms with E-state index in [1.807, 2.05) is 0 Å². The molecule has 1 fully saturated rings. The second-order valence-electron chi connectivity index (χ2n) is 6.23. The predicted octanol–water partition coefficient (Wildman–Crippen LogP) is 2.47. The van der Waals surface area contributed by atoms with Gasteiger partial charge < -0.3 is 15.4 Å². The molecule has 7 nitrogen and oxygen atoms in total. The van der Waals surface area contributed by atoms with Crippen molar-refractivity contribution in [3.8, 4) is 0 Å². The van der Waals surface area contributed by atoms with Gasteiger partial charge >= 0.3 is 6.03 Å². The molecule has 0 unspecified atom stereocenters. The summed E-state index contributed by atoms with van der Waals surface area (Å²) in [4.78, 5) is 32.1. The molecule has 0 atom stereocenters. The molecule has 3 rings (SSSR count).